The zero-order valence-electron chi connectivity index (χ0n) is 8.25. The van der Waals surface area contributed by atoms with Crippen LogP contribution in [-0.4, -0.2) is 29.1 Å². The summed E-state index contributed by atoms with van der Waals surface area (Å²) in [6.45, 7) is 2.00. The fourth-order valence-corrected chi connectivity index (χ4v) is 1.06. The van der Waals surface area contributed by atoms with Gasteiger partial charge < -0.3 is 16.2 Å². The lowest BCUT2D eigenvalue weighted by Gasteiger charge is -2.11. The molecule has 1 atom stereocenters. The number of carbonyl (C=O) groups excluding carboxylic acids is 1. The molecule has 1 saturated carbocycles. The summed E-state index contributed by atoms with van der Waals surface area (Å²) in [5, 5.41) is 11.2. The molecule has 1 aliphatic carbocycles. The third-order valence-corrected chi connectivity index (χ3v) is 2.53. The van der Waals surface area contributed by atoms with E-state index in [-0.39, 0.29) is 5.91 Å². The van der Waals surface area contributed by atoms with Gasteiger partial charge in [-0.3, -0.25) is 9.59 Å². The minimum Gasteiger partial charge on any atom is -0.481 e. The molecule has 14 heavy (non-hydrogen) atoms. The number of hydrogen-bond donors (Lipinski definition) is 3. The van der Waals surface area contributed by atoms with E-state index in [9.17, 15) is 9.59 Å². The van der Waals surface area contributed by atoms with Gasteiger partial charge in [0.25, 0.3) is 0 Å². The molecule has 0 aromatic heterocycles. The zero-order valence-corrected chi connectivity index (χ0v) is 8.25. The van der Waals surface area contributed by atoms with E-state index >= 15 is 0 Å². The standard InChI is InChI=1S/C9H16N2O3/c1-6(7(12)13)2-5-11-8(14)9(10)3-4-9/h6H,2-5,10H2,1H3,(H,11,14)(H,12,13). The van der Waals surface area contributed by atoms with E-state index < -0.39 is 17.4 Å². The summed E-state index contributed by atoms with van der Waals surface area (Å²) in [7, 11) is 0. The lowest BCUT2D eigenvalue weighted by Crippen LogP contribution is -2.43. The minimum absolute atomic E-state index is 0.157. The molecule has 0 saturated heterocycles. The van der Waals surface area contributed by atoms with Crippen LogP contribution in [0.5, 0.6) is 0 Å². The summed E-state index contributed by atoms with van der Waals surface area (Å²) >= 11 is 0. The summed E-state index contributed by atoms with van der Waals surface area (Å²) in [5.74, 6) is -1.42. The normalized spacial score (nSPS) is 19.9. The highest BCUT2D eigenvalue weighted by Crippen LogP contribution is 2.31. The van der Waals surface area contributed by atoms with Crippen molar-refractivity contribution in [3.8, 4) is 0 Å². The Morgan fingerprint density at radius 2 is 2.14 bits per heavy atom. The molecule has 0 aromatic carbocycles. The number of amides is 1. The van der Waals surface area contributed by atoms with Crippen molar-refractivity contribution in [2.24, 2.45) is 11.7 Å². The van der Waals surface area contributed by atoms with Crippen molar-refractivity contribution in [3.63, 3.8) is 0 Å². The average molecular weight is 200 g/mol. The van der Waals surface area contributed by atoms with Gasteiger partial charge in [0, 0.05) is 6.54 Å². The number of carboxylic acid groups (broad SMARTS) is 1. The predicted molar refractivity (Wildman–Crippen MR) is 50.6 cm³/mol. The number of aliphatic carboxylic acids is 1. The Morgan fingerprint density at radius 1 is 1.57 bits per heavy atom. The zero-order chi connectivity index (χ0) is 10.8. The molecule has 0 aliphatic heterocycles. The van der Waals surface area contributed by atoms with Crippen molar-refractivity contribution < 1.29 is 14.7 Å². The molecule has 0 spiro atoms. The number of nitrogens with one attached hydrogen (secondary N) is 1. The summed E-state index contributed by atoms with van der Waals surface area (Å²) in [6, 6.07) is 0. The summed E-state index contributed by atoms with van der Waals surface area (Å²) in [6.07, 6.45) is 1.90. The molecule has 0 heterocycles. The first-order chi connectivity index (χ1) is 6.46. The van der Waals surface area contributed by atoms with Crippen LogP contribution in [0.1, 0.15) is 26.2 Å². The van der Waals surface area contributed by atoms with Crippen molar-refractivity contribution in [2.45, 2.75) is 31.7 Å². The molecule has 4 N–H and O–H groups in total. The molecule has 0 radical (unpaired) electrons. The van der Waals surface area contributed by atoms with Crippen LogP contribution in [0.15, 0.2) is 0 Å². The minimum atomic E-state index is -0.840. The van der Waals surface area contributed by atoms with Gasteiger partial charge in [-0.1, -0.05) is 6.92 Å². The number of hydrogen-bond acceptors (Lipinski definition) is 3. The lowest BCUT2D eigenvalue weighted by atomic mass is 10.1. The van der Waals surface area contributed by atoms with Gasteiger partial charge in [-0.05, 0) is 19.3 Å². The average Bonchev–Trinajstić information content (AvgIpc) is 2.84. The van der Waals surface area contributed by atoms with Crippen LogP contribution in [0.2, 0.25) is 0 Å². The highest BCUT2D eigenvalue weighted by Gasteiger charge is 2.45. The largest absolute Gasteiger partial charge is 0.481 e. The second kappa shape index (κ2) is 3.96. The van der Waals surface area contributed by atoms with Gasteiger partial charge in [0.2, 0.25) is 5.91 Å². The predicted octanol–water partition coefficient (Wildman–Crippen LogP) is -0.295. The second-order valence-corrected chi connectivity index (χ2v) is 3.94. The molecule has 0 aromatic rings. The highest BCUT2D eigenvalue weighted by atomic mass is 16.4. The molecule has 1 aliphatic rings. The van der Waals surface area contributed by atoms with Crippen LogP contribution in [0, 0.1) is 5.92 Å². The summed E-state index contributed by atoms with van der Waals surface area (Å²) in [4.78, 5) is 21.7. The molecular weight excluding hydrogens is 184 g/mol. The van der Waals surface area contributed by atoms with Gasteiger partial charge in [-0.2, -0.15) is 0 Å². The van der Waals surface area contributed by atoms with Crippen LogP contribution in [-0.2, 0) is 9.59 Å². The molecule has 1 fully saturated rings. The second-order valence-electron chi connectivity index (χ2n) is 3.94. The number of rotatable bonds is 5. The van der Waals surface area contributed by atoms with E-state index in [1.165, 1.54) is 0 Å². The quantitative estimate of drug-likeness (QED) is 0.568. The van der Waals surface area contributed by atoms with Crippen molar-refractivity contribution in [1.82, 2.24) is 5.32 Å². The van der Waals surface area contributed by atoms with Crippen LogP contribution >= 0.6 is 0 Å². The first-order valence-corrected chi connectivity index (χ1v) is 4.76. The van der Waals surface area contributed by atoms with Crippen molar-refractivity contribution in [1.29, 1.82) is 0 Å². The number of nitrogens with two attached hydrogens (primary N) is 1. The third kappa shape index (κ3) is 2.70. The van der Waals surface area contributed by atoms with Crippen molar-refractivity contribution in [3.05, 3.63) is 0 Å². The smallest absolute Gasteiger partial charge is 0.306 e. The first-order valence-electron chi connectivity index (χ1n) is 4.76. The number of carboxylic acids is 1. The van der Waals surface area contributed by atoms with Gasteiger partial charge in [-0.25, -0.2) is 0 Å². The fraction of sp³-hybridized carbons (Fsp3) is 0.778. The molecular formula is C9H16N2O3. The number of carbonyl (C=O) groups is 2. The summed E-state index contributed by atoms with van der Waals surface area (Å²) in [5.41, 5.74) is 4.98. The Labute approximate surface area is 82.7 Å². The molecule has 1 rings (SSSR count). The molecule has 1 amide bonds. The van der Waals surface area contributed by atoms with Gasteiger partial charge in [0.05, 0.1) is 11.5 Å². The van der Waals surface area contributed by atoms with Crippen LogP contribution in [0.4, 0.5) is 0 Å². The first kappa shape index (κ1) is 11.0. The molecule has 0 bridgehead atoms. The fourth-order valence-electron chi connectivity index (χ4n) is 1.06. The lowest BCUT2D eigenvalue weighted by molar-refractivity contribution is -0.141. The monoisotopic (exact) mass is 200 g/mol. The van der Waals surface area contributed by atoms with E-state index in [1.807, 2.05) is 0 Å². The van der Waals surface area contributed by atoms with Crippen molar-refractivity contribution in [2.75, 3.05) is 6.54 Å². The molecule has 1 unspecified atom stereocenters. The van der Waals surface area contributed by atoms with E-state index in [0.717, 1.165) is 12.8 Å². The van der Waals surface area contributed by atoms with Crippen molar-refractivity contribution >= 4 is 11.9 Å². The summed E-state index contributed by atoms with van der Waals surface area (Å²) < 4.78 is 0. The van der Waals surface area contributed by atoms with Crippen LogP contribution in [0.25, 0.3) is 0 Å². The SMILES string of the molecule is CC(CCNC(=O)C1(N)CC1)C(=O)O. The Hall–Kier alpha value is -1.10. The van der Waals surface area contributed by atoms with E-state index in [2.05, 4.69) is 5.32 Å². The topological polar surface area (TPSA) is 92.4 Å². The molecule has 5 nitrogen and oxygen atoms in total. The van der Waals surface area contributed by atoms with Gasteiger partial charge in [0.1, 0.15) is 0 Å². The Bertz CT molecular complexity index is 248. The van der Waals surface area contributed by atoms with Crippen LogP contribution < -0.4 is 11.1 Å². The third-order valence-electron chi connectivity index (χ3n) is 2.53. The molecule has 80 valence electrons. The maximum Gasteiger partial charge on any atom is 0.306 e. The van der Waals surface area contributed by atoms with E-state index in [0.29, 0.717) is 13.0 Å². The molecule has 5 heteroatoms. The van der Waals surface area contributed by atoms with E-state index in [1.54, 1.807) is 6.92 Å². The maximum absolute atomic E-state index is 11.3. The highest BCUT2D eigenvalue weighted by molar-refractivity contribution is 5.88. The Kier molecular flexibility index (Phi) is 3.10. The maximum atomic E-state index is 11.3. The van der Waals surface area contributed by atoms with Gasteiger partial charge >= 0.3 is 5.97 Å². The Balaban J connectivity index is 2.15. The van der Waals surface area contributed by atoms with Gasteiger partial charge in [0.15, 0.2) is 0 Å². The van der Waals surface area contributed by atoms with Crippen LogP contribution in [0.3, 0.4) is 0 Å². The Morgan fingerprint density at radius 3 is 2.57 bits per heavy atom. The van der Waals surface area contributed by atoms with Gasteiger partial charge in [-0.15, -0.1) is 0 Å². The van der Waals surface area contributed by atoms with E-state index in [4.69, 9.17) is 10.8 Å².